The first-order valence-corrected chi connectivity index (χ1v) is 7.18. The molecule has 96 valence electrons. The van der Waals surface area contributed by atoms with Gasteiger partial charge in [0.25, 0.3) is 0 Å². The fourth-order valence-electron chi connectivity index (χ4n) is 2.20. The molecule has 6 heteroatoms. The molecule has 1 aliphatic heterocycles. The highest BCUT2D eigenvalue weighted by Gasteiger charge is 2.45. The van der Waals surface area contributed by atoms with Gasteiger partial charge < -0.3 is 15.7 Å². The molecule has 1 heterocycles. The standard InChI is InChI=1S/C11H18N2O3S/c14-9(15)11(4-1-5-11)13-10(16)12-8-2-6-17-7-3-8/h8H,1-7H2,(H,14,15)(H2,12,13,16). The van der Waals surface area contributed by atoms with E-state index in [9.17, 15) is 9.59 Å². The van der Waals surface area contributed by atoms with Gasteiger partial charge in [0.15, 0.2) is 0 Å². The highest BCUT2D eigenvalue weighted by Crippen LogP contribution is 2.32. The summed E-state index contributed by atoms with van der Waals surface area (Å²) >= 11 is 1.89. The summed E-state index contributed by atoms with van der Waals surface area (Å²) in [5, 5.41) is 14.6. The van der Waals surface area contributed by atoms with E-state index in [4.69, 9.17) is 5.11 Å². The van der Waals surface area contributed by atoms with Gasteiger partial charge in [0.1, 0.15) is 5.54 Å². The molecule has 0 spiro atoms. The Balaban J connectivity index is 1.81. The van der Waals surface area contributed by atoms with Crippen LogP contribution in [0.2, 0.25) is 0 Å². The minimum absolute atomic E-state index is 0.196. The summed E-state index contributed by atoms with van der Waals surface area (Å²) in [6.07, 6.45) is 3.88. The van der Waals surface area contributed by atoms with Crippen LogP contribution in [0.3, 0.4) is 0 Å². The van der Waals surface area contributed by atoms with Gasteiger partial charge in [-0.15, -0.1) is 0 Å². The third-order valence-corrected chi connectivity index (χ3v) is 4.57. The lowest BCUT2D eigenvalue weighted by atomic mass is 9.77. The van der Waals surface area contributed by atoms with Crippen LogP contribution >= 0.6 is 11.8 Å². The molecular weight excluding hydrogens is 240 g/mol. The van der Waals surface area contributed by atoms with Crippen LogP contribution in [0.1, 0.15) is 32.1 Å². The summed E-state index contributed by atoms with van der Waals surface area (Å²) in [5.74, 6) is 1.21. The second-order valence-corrected chi connectivity index (χ2v) is 5.95. The van der Waals surface area contributed by atoms with E-state index in [0.29, 0.717) is 12.8 Å². The van der Waals surface area contributed by atoms with Crippen molar-refractivity contribution in [2.45, 2.75) is 43.7 Å². The van der Waals surface area contributed by atoms with Gasteiger partial charge in [-0.05, 0) is 43.6 Å². The topological polar surface area (TPSA) is 78.4 Å². The molecule has 2 amide bonds. The number of thioether (sulfide) groups is 1. The molecule has 17 heavy (non-hydrogen) atoms. The summed E-state index contributed by atoms with van der Waals surface area (Å²) in [7, 11) is 0. The smallest absolute Gasteiger partial charge is 0.329 e. The van der Waals surface area contributed by atoms with Crippen molar-refractivity contribution in [1.29, 1.82) is 0 Å². The number of nitrogens with one attached hydrogen (secondary N) is 2. The first kappa shape index (κ1) is 12.5. The molecule has 1 aliphatic carbocycles. The van der Waals surface area contributed by atoms with E-state index in [2.05, 4.69) is 10.6 Å². The molecule has 0 atom stereocenters. The number of carbonyl (C=O) groups is 2. The molecule has 0 aromatic carbocycles. The van der Waals surface area contributed by atoms with Crippen LogP contribution in [0.25, 0.3) is 0 Å². The van der Waals surface area contributed by atoms with Crippen molar-refractivity contribution in [2.24, 2.45) is 0 Å². The molecule has 2 rings (SSSR count). The molecule has 2 fully saturated rings. The number of urea groups is 1. The molecule has 0 aromatic rings. The molecule has 5 nitrogen and oxygen atoms in total. The maximum atomic E-state index is 11.7. The van der Waals surface area contributed by atoms with Crippen LogP contribution in [0.4, 0.5) is 4.79 Å². The largest absolute Gasteiger partial charge is 0.480 e. The summed E-state index contributed by atoms with van der Waals surface area (Å²) in [5.41, 5.74) is -1.01. The van der Waals surface area contributed by atoms with Gasteiger partial charge in [-0.1, -0.05) is 0 Å². The zero-order valence-electron chi connectivity index (χ0n) is 9.70. The van der Waals surface area contributed by atoms with Crippen LogP contribution in [-0.4, -0.2) is 40.2 Å². The third kappa shape index (κ3) is 2.86. The number of aliphatic carboxylic acids is 1. The monoisotopic (exact) mass is 258 g/mol. The lowest BCUT2D eigenvalue weighted by molar-refractivity contribution is -0.148. The maximum absolute atomic E-state index is 11.7. The van der Waals surface area contributed by atoms with Gasteiger partial charge >= 0.3 is 12.0 Å². The van der Waals surface area contributed by atoms with Crippen LogP contribution in [0.5, 0.6) is 0 Å². The number of amides is 2. The zero-order valence-corrected chi connectivity index (χ0v) is 10.5. The average Bonchev–Trinajstić information content (AvgIpc) is 2.24. The fourth-order valence-corrected chi connectivity index (χ4v) is 3.31. The first-order chi connectivity index (χ1) is 8.12. The van der Waals surface area contributed by atoms with E-state index in [0.717, 1.165) is 30.8 Å². The van der Waals surface area contributed by atoms with Crippen molar-refractivity contribution in [3.05, 3.63) is 0 Å². The van der Waals surface area contributed by atoms with Gasteiger partial charge in [-0.3, -0.25) is 0 Å². The number of hydrogen-bond acceptors (Lipinski definition) is 3. The number of carboxylic acids is 1. The minimum atomic E-state index is -1.01. The predicted octanol–water partition coefficient (Wildman–Crippen LogP) is 1.19. The van der Waals surface area contributed by atoms with Crippen molar-refractivity contribution >= 4 is 23.8 Å². The maximum Gasteiger partial charge on any atom is 0.329 e. The molecule has 0 unspecified atom stereocenters. The summed E-state index contributed by atoms with van der Waals surface area (Å²) < 4.78 is 0. The Bertz CT molecular complexity index is 312. The lowest BCUT2D eigenvalue weighted by Crippen LogP contribution is -2.62. The van der Waals surface area contributed by atoms with Gasteiger partial charge in [-0.25, -0.2) is 9.59 Å². The Hall–Kier alpha value is -0.910. The zero-order chi connectivity index (χ0) is 12.3. The third-order valence-electron chi connectivity index (χ3n) is 3.53. The number of carbonyl (C=O) groups excluding carboxylic acids is 1. The van der Waals surface area contributed by atoms with E-state index in [1.807, 2.05) is 11.8 Å². The fraction of sp³-hybridized carbons (Fsp3) is 0.818. The number of carboxylic acid groups (broad SMARTS) is 1. The van der Waals surface area contributed by atoms with Crippen molar-refractivity contribution < 1.29 is 14.7 Å². The van der Waals surface area contributed by atoms with E-state index in [-0.39, 0.29) is 12.1 Å². The number of rotatable bonds is 3. The van der Waals surface area contributed by atoms with Crippen LogP contribution in [-0.2, 0) is 4.79 Å². The van der Waals surface area contributed by atoms with Crippen LogP contribution in [0.15, 0.2) is 0 Å². The van der Waals surface area contributed by atoms with Crippen molar-refractivity contribution in [2.75, 3.05) is 11.5 Å². The molecule has 3 N–H and O–H groups in total. The summed E-state index contributed by atoms with van der Waals surface area (Å²) in [4.78, 5) is 22.8. The number of hydrogen-bond donors (Lipinski definition) is 3. The molecule has 2 aliphatic rings. The Labute approximate surface area is 105 Å². The van der Waals surface area contributed by atoms with Gasteiger partial charge in [0.2, 0.25) is 0 Å². The Morgan fingerprint density at radius 3 is 2.35 bits per heavy atom. The van der Waals surface area contributed by atoms with Crippen molar-refractivity contribution in [3.8, 4) is 0 Å². The van der Waals surface area contributed by atoms with Gasteiger partial charge in [0.05, 0.1) is 0 Å². The quantitative estimate of drug-likeness (QED) is 0.710. The Morgan fingerprint density at radius 2 is 1.88 bits per heavy atom. The van der Waals surface area contributed by atoms with E-state index in [1.165, 1.54) is 0 Å². The van der Waals surface area contributed by atoms with Crippen LogP contribution < -0.4 is 10.6 Å². The SMILES string of the molecule is O=C(NC1CCSCC1)NC1(C(=O)O)CCC1. The van der Waals surface area contributed by atoms with E-state index in [1.54, 1.807) is 0 Å². The highest BCUT2D eigenvalue weighted by atomic mass is 32.2. The first-order valence-electron chi connectivity index (χ1n) is 6.02. The Kier molecular flexibility index (Phi) is 3.81. The molecule has 1 saturated carbocycles. The second-order valence-electron chi connectivity index (χ2n) is 4.73. The summed E-state index contributed by atoms with van der Waals surface area (Å²) in [6.45, 7) is 0. The highest BCUT2D eigenvalue weighted by molar-refractivity contribution is 7.99. The van der Waals surface area contributed by atoms with E-state index < -0.39 is 11.5 Å². The lowest BCUT2D eigenvalue weighted by Gasteiger charge is -2.38. The van der Waals surface area contributed by atoms with Crippen LogP contribution in [0, 0.1) is 0 Å². The van der Waals surface area contributed by atoms with Crippen molar-refractivity contribution in [3.63, 3.8) is 0 Å². The van der Waals surface area contributed by atoms with Crippen molar-refractivity contribution in [1.82, 2.24) is 10.6 Å². The Morgan fingerprint density at radius 1 is 1.24 bits per heavy atom. The van der Waals surface area contributed by atoms with Gasteiger partial charge in [0, 0.05) is 6.04 Å². The average molecular weight is 258 g/mol. The van der Waals surface area contributed by atoms with E-state index >= 15 is 0 Å². The molecule has 0 aromatic heterocycles. The second kappa shape index (κ2) is 5.16. The molecule has 0 radical (unpaired) electrons. The minimum Gasteiger partial charge on any atom is -0.480 e. The predicted molar refractivity (Wildman–Crippen MR) is 66.2 cm³/mol. The molecule has 1 saturated heterocycles. The summed E-state index contributed by atoms with van der Waals surface area (Å²) in [6, 6.07) is -0.133. The normalized spacial score (nSPS) is 23.5. The molecule has 0 bridgehead atoms. The van der Waals surface area contributed by atoms with Gasteiger partial charge in [-0.2, -0.15) is 11.8 Å². The molecular formula is C11H18N2O3S.